The molecule has 1 aromatic heterocycles. The van der Waals surface area contributed by atoms with Crippen LogP contribution in [0.4, 0.5) is 10.1 Å². The molecule has 2 saturated heterocycles. The molecule has 2 fully saturated rings. The highest BCUT2D eigenvalue weighted by molar-refractivity contribution is 7.89. The van der Waals surface area contributed by atoms with Crippen molar-refractivity contribution in [1.29, 1.82) is 0 Å². The molecule has 0 bridgehead atoms. The first-order valence-electron chi connectivity index (χ1n) is 12.3. The number of rotatable bonds is 5. The van der Waals surface area contributed by atoms with Gasteiger partial charge in [0, 0.05) is 42.5 Å². The lowest BCUT2D eigenvalue weighted by Gasteiger charge is -2.40. The number of aromatic nitrogens is 3. The third-order valence-electron chi connectivity index (χ3n) is 7.60. The Morgan fingerprint density at radius 3 is 2.40 bits per heavy atom. The Morgan fingerprint density at radius 1 is 0.971 bits per heavy atom. The molecule has 0 N–H and O–H groups in total. The van der Waals surface area contributed by atoms with E-state index in [1.807, 2.05) is 47.9 Å². The predicted octanol–water partition coefficient (Wildman–Crippen LogP) is 4.70. The molecule has 5 rings (SSSR count). The maximum Gasteiger partial charge on any atom is 0.221 e. The quantitative estimate of drug-likeness (QED) is 0.511. The van der Waals surface area contributed by atoms with Crippen LogP contribution in [0.15, 0.2) is 61.2 Å². The van der Waals surface area contributed by atoms with Crippen LogP contribution in [0.1, 0.15) is 61.9 Å². The lowest BCUT2D eigenvalue weighted by molar-refractivity contribution is 0.279. The van der Waals surface area contributed by atoms with Crippen LogP contribution in [-0.2, 0) is 16.6 Å². The van der Waals surface area contributed by atoms with Crippen LogP contribution in [0, 0.1) is 5.82 Å². The van der Waals surface area contributed by atoms with Gasteiger partial charge in [0.2, 0.25) is 10.0 Å². The molecular formula is C26H32FN5O2S. The van der Waals surface area contributed by atoms with E-state index in [-0.39, 0.29) is 24.4 Å². The number of halogens is 1. The highest BCUT2D eigenvalue weighted by Gasteiger charge is 2.40. The number of benzene rings is 2. The van der Waals surface area contributed by atoms with Crippen molar-refractivity contribution in [2.75, 3.05) is 11.4 Å². The molecular weight excluding hydrogens is 465 g/mol. The van der Waals surface area contributed by atoms with Crippen molar-refractivity contribution in [2.24, 2.45) is 0 Å². The summed E-state index contributed by atoms with van der Waals surface area (Å²) in [6, 6.07) is 15.0. The Hall–Kier alpha value is -2.78. The minimum absolute atomic E-state index is 0.0458. The third-order valence-corrected chi connectivity index (χ3v) is 9.97. The molecule has 3 heterocycles. The largest absolute Gasteiger partial charge is 0.369 e. The molecule has 0 aliphatic carbocycles. The molecule has 0 saturated carbocycles. The van der Waals surface area contributed by atoms with Crippen LogP contribution >= 0.6 is 0 Å². The summed E-state index contributed by atoms with van der Waals surface area (Å²) in [5.74, 6) is -0.361. The summed E-state index contributed by atoms with van der Waals surface area (Å²) >= 11 is 0. The van der Waals surface area contributed by atoms with Crippen LogP contribution in [0.5, 0.6) is 0 Å². The summed E-state index contributed by atoms with van der Waals surface area (Å²) in [5.41, 5.74) is 2.03. The molecule has 7 nitrogen and oxygen atoms in total. The minimum atomic E-state index is -3.60. The number of piperidine rings is 1. The SMILES string of the molecule is C[C@H]1C[C@H](n2cnnc2)CCN1c1ccc(CN2[C@@H](C)CC[C@H](c3ccccc3)S2(=O)=O)c(F)c1. The fraction of sp³-hybridized carbons (Fsp3) is 0.462. The van der Waals surface area contributed by atoms with Crippen molar-refractivity contribution in [2.45, 2.75) is 69.5 Å². The van der Waals surface area contributed by atoms with Gasteiger partial charge in [-0.2, -0.15) is 4.31 Å². The van der Waals surface area contributed by atoms with Crippen molar-refractivity contribution < 1.29 is 12.8 Å². The second kappa shape index (κ2) is 9.70. The number of nitrogens with zero attached hydrogens (tertiary/aromatic N) is 5. The highest BCUT2D eigenvalue weighted by atomic mass is 32.2. The molecule has 2 aliphatic rings. The standard InChI is InChI=1S/C26H32FN5O2S/c1-19-8-11-26(21-6-4-3-5-7-21)35(33,34)32(19)16-22-9-10-24(15-25(22)27)31-13-12-23(14-20(31)2)30-17-28-29-18-30/h3-7,9-10,15,17-20,23,26H,8,11-14,16H2,1-2H3/t19-,20-,23+,26+/m0/s1. The lowest BCUT2D eigenvalue weighted by Crippen LogP contribution is -2.45. The van der Waals surface area contributed by atoms with Crippen LogP contribution in [-0.4, -0.2) is 46.1 Å². The van der Waals surface area contributed by atoms with Gasteiger partial charge in [0.05, 0.1) is 0 Å². The van der Waals surface area contributed by atoms with Gasteiger partial charge in [0.1, 0.15) is 23.7 Å². The summed E-state index contributed by atoms with van der Waals surface area (Å²) in [6.07, 6.45) is 6.67. The van der Waals surface area contributed by atoms with Gasteiger partial charge in [-0.3, -0.25) is 0 Å². The van der Waals surface area contributed by atoms with E-state index in [9.17, 15) is 8.42 Å². The second-order valence-corrected chi connectivity index (χ2v) is 11.9. The van der Waals surface area contributed by atoms with Crippen molar-refractivity contribution in [3.05, 3.63) is 78.1 Å². The number of hydrogen-bond donors (Lipinski definition) is 0. The fourth-order valence-electron chi connectivity index (χ4n) is 5.56. The molecule has 0 spiro atoms. The Kier molecular flexibility index (Phi) is 6.63. The van der Waals surface area contributed by atoms with Gasteiger partial charge in [0.15, 0.2) is 0 Å². The topological polar surface area (TPSA) is 71.3 Å². The molecule has 0 amide bonds. The molecule has 0 radical (unpaired) electrons. The van der Waals surface area contributed by atoms with Gasteiger partial charge in [-0.25, -0.2) is 12.8 Å². The monoisotopic (exact) mass is 497 g/mol. The van der Waals surface area contributed by atoms with Gasteiger partial charge in [-0.1, -0.05) is 36.4 Å². The van der Waals surface area contributed by atoms with E-state index in [2.05, 4.69) is 22.0 Å². The molecule has 4 atom stereocenters. The Morgan fingerprint density at radius 2 is 1.71 bits per heavy atom. The van der Waals surface area contributed by atoms with Crippen molar-refractivity contribution in [1.82, 2.24) is 19.1 Å². The van der Waals surface area contributed by atoms with E-state index < -0.39 is 15.3 Å². The third kappa shape index (κ3) is 4.71. The maximum absolute atomic E-state index is 15.3. The summed E-state index contributed by atoms with van der Waals surface area (Å²) < 4.78 is 45.9. The molecule has 9 heteroatoms. The average molecular weight is 498 g/mol. The number of anilines is 1. The average Bonchev–Trinajstić information content (AvgIpc) is 3.38. The van der Waals surface area contributed by atoms with E-state index in [1.165, 1.54) is 4.31 Å². The van der Waals surface area contributed by atoms with Crippen LogP contribution in [0.25, 0.3) is 0 Å². The van der Waals surface area contributed by atoms with Gasteiger partial charge in [-0.05, 0) is 57.2 Å². The van der Waals surface area contributed by atoms with Gasteiger partial charge >= 0.3 is 0 Å². The zero-order valence-electron chi connectivity index (χ0n) is 20.2. The fourth-order valence-corrected chi connectivity index (χ4v) is 7.75. The Balaban J connectivity index is 1.32. The molecule has 2 aromatic carbocycles. The maximum atomic E-state index is 15.3. The molecule has 35 heavy (non-hydrogen) atoms. The van der Waals surface area contributed by atoms with Crippen molar-refractivity contribution in [3.63, 3.8) is 0 Å². The molecule has 2 aliphatic heterocycles. The Labute approximate surface area is 206 Å². The van der Waals surface area contributed by atoms with Crippen LogP contribution < -0.4 is 4.90 Å². The summed E-state index contributed by atoms with van der Waals surface area (Å²) in [5, 5.41) is 7.23. The van der Waals surface area contributed by atoms with E-state index in [4.69, 9.17) is 0 Å². The van der Waals surface area contributed by atoms with Crippen LogP contribution in [0.3, 0.4) is 0 Å². The summed E-state index contributed by atoms with van der Waals surface area (Å²) in [7, 11) is -3.60. The first kappa shape index (κ1) is 23.9. The molecule has 0 unspecified atom stereocenters. The zero-order chi connectivity index (χ0) is 24.6. The zero-order valence-corrected chi connectivity index (χ0v) is 21.0. The van der Waals surface area contributed by atoms with E-state index in [1.54, 1.807) is 24.8 Å². The second-order valence-electron chi connectivity index (χ2n) is 9.82. The lowest BCUT2D eigenvalue weighted by atomic mass is 9.97. The van der Waals surface area contributed by atoms with Crippen molar-refractivity contribution >= 4 is 15.7 Å². The smallest absolute Gasteiger partial charge is 0.221 e. The number of sulfonamides is 1. The molecule has 186 valence electrons. The van der Waals surface area contributed by atoms with Gasteiger partial charge in [0.25, 0.3) is 0 Å². The van der Waals surface area contributed by atoms with E-state index in [0.717, 1.165) is 37.1 Å². The van der Waals surface area contributed by atoms with Gasteiger partial charge in [-0.15, -0.1) is 10.2 Å². The normalized spacial score (nSPS) is 27.1. The summed E-state index contributed by atoms with van der Waals surface area (Å²) in [4.78, 5) is 2.22. The first-order valence-corrected chi connectivity index (χ1v) is 13.8. The van der Waals surface area contributed by atoms with E-state index in [0.29, 0.717) is 18.0 Å². The van der Waals surface area contributed by atoms with Crippen molar-refractivity contribution in [3.8, 4) is 0 Å². The first-order chi connectivity index (χ1) is 16.8. The Bertz CT molecular complexity index is 1250. The van der Waals surface area contributed by atoms with Gasteiger partial charge < -0.3 is 9.47 Å². The van der Waals surface area contributed by atoms with E-state index >= 15 is 4.39 Å². The minimum Gasteiger partial charge on any atom is -0.369 e. The highest BCUT2D eigenvalue weighted by Crippen LogP contribution is 2.38. The molecule has 3 aromatic rings. The predicted molar refractivity (Wildman–Crippen MR) is 134 cm³/mol. The van der Waals surface area contributed by atoms with Crippen LogP contribution in [0.2, 0.25) is 0 Å². The number of hydrogen-bond acceptors (Lipinski definition) is 5. The summed E-state index contributed by atoms with van der Waals surface area (Å²) in [6.45, 7) is 4.91.